The van der Waals surface area contributed by atoms with E-state index in [0.29, 0.717) is 17.9 Å². The molecule has 0 saturated heterocycles. The van der Waals surface area contributed by atoms with Crippen molar-refractivity contribution in [3.63, 3.8) is 0 Å². The number of thiol groups is 1. The normalized spacial score (nSPS) is 10.1. The predicted octanol–water partition coefficient (Wildman–Crippen LogP) is 2.83. The van der Waals surface area contributed by atoms with E-state index in [-0.39, 0.29) is 5.82 Å². The van der Waals surface area contributed by atoms with Gasteiger partial charge in [0.15, 0.2) is 0 Å². The van der Waals surface area contributed by atoms with Gasteiger partial charge < -0.3 is 4.74 Å². The Hall–Kier alpha value is -0.700. The number of aryl methyl sites for hydroxylation is 1. The number of hydrogen-bond donors (Lipinski definition) is 1. The van der Waals surface area contributed by atoms with Gasteiger partial charge in [-0.05, 0) is 30.7 Å². The fourth-order valence-corrected chi connectivity index (χ4v) is 1.05. The Balaban J connectivity index is 2.53. The second kappa shape index (κ2) is 5.12. The molecule has 0 atom stereocenters. The number of hydrogen-bond acceptors (Lipinski definition) is 2. The van der Waals surface area contributed by atoms with Crippen LogP contribution in [0.25, 0.3) is 0 Å². The average Bonchev–Trinajstić information content (AvgIpc) is 2.12. The molecule has 0 heterocycles. The summed E-state index contributed by atoms with van der Waals surface area (Å²) in [5, 5.41) is 0. The summed E-state index contributed by atoms with van der Waals surface area (Å²) in [7, 11) is 0. The van der Waals surface area contributed by atoms with Gasteiger partial charge in [0.05, 0.1) is 6.61 Å². The molecule has 0 N–H and O–H groups in total. The van der Waals surface area contributed by atoms with Crippen LogP contribution >= 0.6 is 12.6 Å². The highest BCUT2D eigenvalue weighted by atomic mass is 32.1. The van der Waals surface area contributed by atoms with Crippen molar-refractivity contribution < 1.29 is 9.13 Å². The first-order chi connectivity index (χ1) is 6.24. The molecular weight excluding hydrogens is 187 g/mol. The summed E-state index contributed by atoms with van der Waals surface area (Å²) < 4.78 is 18.3. The number of rotatable bonds is 4. The molecule has 1 aromatic rings. The third kappa shape index (κ3) is 3.27. The van der Waals surface area contributed by atoms with E-state index in [1.807, 2.05) is 0 Å². The second-order valence-corrected chi connectivity index (χ2v) is 3.28. The standard InChI is InChI=1S/C10H13FOS/c1-8-3-4-9(7-10(8)11)12-5-2-6-13/h3-4,7,13H,2,5-6H2,1H3. The van der Waals surface area contributed by atoms with Crippen molar-refractivity contribution in [2.75, 3.05) is 12.4 Å². The van der Waals surface area contributed by atoms with Crippen LogP contribution in [0.5, 0.6) is 5.75 Å². The van der Waals surface area contributed by atoms with E-state index in [9.17, 15) is 4.39 Å². The summed E-state index contributed by atoms with van der Waals surface area (Å²) in [5.74, 6) is 1.15. The molecule has 0 bridgehead atoms. The zero-order valence-corrected chi connectivity index (χ0v) is 8.48. The van der Waals surface area contributed by atoms with Crippen molar-refractivity contribution in [1.82, 2.24) is 0 Å². The maximum absolute atomic E-state index is 13.0. The first-order valence-corrected chi connectivity index (χ1v) is 4.87. The summed E-state index contributed by atoms with van der Waals surface area (Å²) in [6.07, 6.45) is 0.874. The minimum atomic E-state index is -0.219. The number of benzene rings is 1. The van der Waals surface area contributed by atoms with Gasteiger partial charge in [-0.2, -0.15) is 12.6 Å². The van der Waals surface area contributed by atoms with Crippen LogP contribution in [0.4, 0.5) is 4.39 Å². The molecule has 1 rings (SSSR count). The van der Waals surface area contributed by atoms with Gasteiger partial charge in [0.2, 0.25) is 0 Å². The van der Waals surface area contributed by atoms with E-state index < -0.39 is 0 Å². The molecule has 0 aliphatic carbocycles. The first-order valence-electron chi connectivity index (χ1n) is 4.24. The zero-order chi connectivity index (χ0) is 9.68. The molecule has 72 valence electrons. The highest BCUT2D eigenvalue weighted by Gasteiger charge is 1.99. The van der Waals surface area contributed by atoms with E-state index in [4.69, 9.17) is 4.74 Å². The first kappa shape index (κ1) is 10.4. The van der Waals surface area contributed by atoms with Gasteiger partial charge >= 0.3 is 0 Å². The summed E-state index contributed by atoms with van der Waals surface area (Å²) in [5.41, 5.74) is 0.640. The smallest absolute Gasteiger partial charge is 0.129 e. The average molecular weight is 200 g/mol. The van der Waals surface area contributed by atoms with Crippen molar-refractivity contribution in [3.05, 3.63) is 29.6 Å². The lowest BCUT2D eigenvalue weighted by Gasteiger charge is -2.05. The van der Waals surface area contributed by atoms with E-state index in [0.717, 1.165) is 12.2 Å². The minimum absolute atomic E-state index is 0.219. The number of halogens is 1. The molecule has 0 saturated carbocycles. The molecule has 0 aliphatic heterocycles. The monoisotopic (exact) mass is 200 g/mol. The lowest BCUT2D eigenvalue weighted by atomic mass is 10.2. The largest absolute Gasteiger partial charge is 0.493 e. The third-order valence-corrected chi connectivity index (χ3v) is 2.03. The Morgan fingerprint density at radius 2 is 2.23 bits per heavy atom. The van der Waals surface area contributed by atoms with E-state index in [1.165, 1.54) is 6.07 Å². The Morgan fingerprint density at radius 1 is 1.46 bits per heavy atom. The Bertz CT molecular complexity index is 276. The third-order valence-electron chi connectivity index (χ3n) is 1.71. The quantitative estimate of drug-likeness (QED) is 0.581. The Kier molecular flexibility index (Phi) is 4.09. The van der Waals surface area contributed by atoms with Crippen molar-refractivity contribution in [1.29, 1.82) is 0 Å². The summed E-state index contributed by atoms with van der Waals surface area (Å²) in [6, 6.07) is 4.90. The van der Waals surface area contributed by atoms with Crippen molar-refractivity contribution in [2.45, 2.75) is 13.3 Å². The molecule has 13 heavy (non-hydrogen) atoms. The fourth-order valence-electron chi connectivity index (χ4n) is 0.918. The molecular formula is C10H13FOS. The Labute approximate surface area is 83.3 Å². The SMILES string of the molecule is Cc1ccc(OCCCS)cc1F. The van der Waals surface area contributed by atoms with E-state index in [2.05, 4.69) is 12.6 Å². The van der Waals surface area contributed by atoms with Crippen LogP contribution in [-0.2, 0) is 0 Å². The molecule has 3 heteroatoms. The molecule has 0 unspecified atom stereocenters. The molecule has 1 nitrogen and oxygen atoms in total. The van der Waals surface area contributed by atoms with Crippen LogP contribution in [-0.4, -0.2) is 12.4 Å². The maximum Gasteiger partial charge on any atom is 0.129 e. The van der Waals surface area contributed by atoms with Gasteiger partial charge in [-0.15, -0.1) is 0 Å². The molecule has 0 spiro atoms. The van der Waals surface area contributed by atoms with Crippen LogP contribution in [0.15, 0.2) is 18.2 Å². The molecule has 1 aromatic carbocycles. The summed E-state index contributed by atoms with van der Waals surface area (Å²) in [6.45, 7) is 2.32. The van der Waals surface area contributed by atoms with Crippen LogP contribution in [0, 0.1) is 12.7 Å². The van der Waals surface area contributed by atoms with Crippen molar-refractivity contribution >= 4 is 12.6 Å². The topological polar surface area (TPSA) is 9.23 Å². The highest BCUT2D eigenvalue weighted by molar-refractivity contribution is 7.80. The van der Waals surface area contributed by atoms with E-state index in [1.54, 1.807) is 19.1 Å². The van der Waals surface area contributed by atoms with Crippen LogP contribution in [0.2, 0.25) is 0 Å². The van der Waals surface area contributed by atoms with Gasteiger partial charge in [-0.25, -0.2) is 4.39 Å². The van der Waals surface area contributed by atoms with Gasteiger partial charge in [0, 0.05) is 6.07 Å². The highest BCUT2D eigenvalue weighted by Crippen LogP contribution is 2.15. The maximum atomic E-state index is 13.0. The summed E-state index contributed by atoms with van der Waals surface area (Å²) in [4.78, 5) is 0. The van der Waals surface area contributed by atoms with Gasteiger partial charge in [0.1, 0.15) is 11.6 Å². The van der Waals surface area contributed by atoms with Crippen LogP contribution in [0.1, 0.15) is 12.0 Å². The number of ether oxygens (including phenoxy) is 1. The van der Waals surface area contributed by atoms with Gasteiger partial charge in [-0.1, -0.05) is 6.07 Å². The Morgan fingerprint density at radius 3 is 2.85 bits per heavy atom. The van der Waals surface area contributed by atoms with Crippen molar-refractivity contribution in [3.8, 4) is 5.75 Å². The van der Waals surface area contributed by atoms with Gasteiger partial charge in [-0.3, -0.25) is 0 Å². The van der Waals surface area contributed by atoms with Crippen LogP contribution in [0.3, 0.4) is 0 Å². The lowest BCUT2D eigenvalue weighted by Crippen LogP contribution is -1.98. The minimum Gasteiger partial charge on any atom is -0.493 e. The lowest BCUT2D eigenvalue weighted by molar-refractivity contribution is 0.317. The summed E-state index contributed by atoms with van der Waals surface area (Å²) >= 11 is 4.05. The molecule has 0 aromatic heterocycles. The van der Waals surface area contributed by atoms with Crippen molar-refractivity contribution in [2.24, 2.45) is 0 Å². The predicted molar refractivity (Wildman–Crippen MR) is 55.1 cm³/mol. The zero-order valence-electron chi connectivity index (χ0n) is 7.59. The molecule has 0 amide bonds. The second-order valence-electron chi connectivity index (χ2n) is 2.84. The molecule has 0 radical (unpaired) electrons. The molecule has 0 aliphatic rings. The fraction of sp³-hybridized carbons (Fsp3) is 0.400. The molecule has 0 fully saturated rings. The van der Waals surface area contributed by atoms with Crippen LogP contribution < -0.4 is 4.74 Å². The van der Waals surface area contributed by atoms with E-state index >= 15 is 0 Å². The van der Waals surface area contributed by atoms with Gasteiger partial charge in [0.25, 0.3) is 0 Å².